The first-order valence-electron chi connectivity index (χ1n) is 12.9. The SMILES string of the molecule is COc1ccc(OC)c2c1cc1n2CC(C)(C(=O)NC2CCCCC2)N(CCc2ccccc2)C1=O. The zero-order valence-corrected chi connectivity index (χ0v) is 21.4. The normalized spacial score (nSPS) is 20.3. The summed E-state index contributed by atoms with van der Waals surface area (Å²) < 4.78 is 13.2. The van der Waals surface area contributed by atoms with E-state index in [2.05, 4.69) is 17.4 Å². The minimum atomic E-state index is -1.05. The molecule has 190 valence electrons. The summed E-state index contributed by atoms with van der Waals surface area (Å²) in [6, 6.07) is 15.8. The molecule has 0 spiro atoms. The highest BCUT2D eigenvalue weighted by Crippen LogP contribution is 2.40. The molecule has 3 aromatic rings. The molecule has 36 heavy (non-hydrogen) atoms. The van der Waals surface area contributed by atoms with Gasteiger partial charge in [-0.15, -0.1) is 0 Å². The van der Waals surface area contributed by atoms with Crippen LogP contribution in [0.4, 0.5) is 0 Å². The Morgan fingerprint density at radius 2 is 1.72 bits per heavy atom. The van der Waals surface area contributed by atoms with E-state index in [9.17, 15) is 9.59 Å². The van der Waals surface area contributed by atoms with Crippen LogP contribution in [-0.4, -0.2) is 53.6 Å². The molecule has 2 amide bonds. The van der Waals surface area contributed by atoms with Gasteiger partial charge in [0.05, 0.1) is 26.3 Å². The predicted octanol–water partition coefficient (Wildman–Crippen LogP) is 4.56. The van der Waals surface area contributed by atoms with Crippen LogP contribution in [-0.2, 0) is 17.8 Å². The summed E-state index contributed by atoms with van der Waals surface area (Å²) in [4.78, 5) is 29.8. The van der Waals surface area contributed by atoms with Crippen LogP contribution in [0.2, 0.25) is 0 Å². The van der Waals surface area contributed by atoms with Gasteiger partial charge < -0.3 is 24.3 Å². The predicted molar refractivity (Wildman–Crippen MR) is 140 cm³/mol. The first-order chi connectivity index (χ1) is 17.5. The highest BCUT2D eigenvalue weighted by molar-refractivity contribution is 6.06. The fourth-order valence-electron chi connectivity index (χ4n) is 5.78. The van der Waals surface area contributed by atoms with E-state index in [1.165, 1.54) is 6.42 Å². The van der Waals surface area contributed by atoms with E-state index in [4.69, 9.17) is 9.47 Å². The molecule has 1 N–H and O–H groups in total. The maximum absolute atomic E-state index is 14.1. The van der Waals surface area contributed by atoms with Gasteiger partial charge in [0.1, 0.15) is 22.7 Å². The molecule has 5 rings (SSSR count). The zero-order valence-electron chi connectivity index (χ0n) is 21.4. The fraction of sp³-hybridized carbons (Fsp3) is 0.448. The number of methoxy groups -OCH3 is 2. The second-order valence-electron chi connectivity index (χ2n) is 10.1. The van der Waals surface area contributed by atoms with Crippen molar-refractivity contribution < 1.29 is 19.1 Å². The number of hydrogen-bond donors (Lipinski definition) is 1. The highest BCUT2D eigenvalue weighted by Gasteiger charge is 2.48. The van der Waals surface area contributed by atoms with Crippen LogP contribution in [0.5, 0.6) is 11.5 Å². The molecule has 1 unspecified atom stereocenters. The lowest BCUT2D eigenvalue weighted by Gasteiger charge is -2.45. The molecule has 2 aromatic carbocycles. The third-order valence-electron chi connectivity index (χ3n) is 7.84. The van der Waals surface area contributed by atoms with Gasteiger partial charge in [0, 0.05) is 18.0 Å². The van der Waals surface area contributed by atoms with Crippen molar-refractivity contribution in [2.75, 3.05) is 20.8 Å². The van der Waals surface area contributed by atoms with E-state index in [0.717, 1.165) is 42.1 Å². The summed E-state index contributed by atoms with van der Waals surface area (Å²) in [7, 11) is 3.24. The molecule has 0 saturated heterocycles. The topological polar surface area (TPSA) is 72.8 Å². The molecule has 1 aromatic heterocycles. The lowest BCUT2D eigenvalue weighted by Crippen LogP contribution is -2.65. The molecule has 1 aliphatic carbocycles. The lowest BCUT2D eigenvalue weighted by atomic mass is 9.91. The highest BCUT2D eigenvalue weighted by atomic mass is 16.5. The molecule has 7 heteroatoms. The van der Waals surface area contributed by atoms with E-state index in [1.807, 2.05) is 47.9 Å². The van der Waals surface area contributed by atoms with E-state index in [1.54, 1.807) is 19.1 Å². The standard InChI is InChI=1S/C29H35N3O4/c1-29(28(34)30-21-12-8-5-9-13-21)19-31-23(18-22-24(35-2)14-15-25(36-3)26(22)31)27(33)32(29)17-16-20-10-6-4-7-11-20/h4,6-7,10-11,14-15,18,21H,5,8-9,12-13,16-17,19H2,1-3H3,(H,30,34). The monoisotopic (exact) mass is 489 g/mol. The maximum Gasteiger partial charge on any atom is 0.271 e. The molecular formula is C29H35N3O4. The van der Waals surface area contributed by atoms with Crippen molar-refractivity contribution in [3.05, 3.63) is 59.8 Å². The molecule has 2 heterocycles. The van der Waals surface area contributed by atoms with Crippen molar-refractivity contribution >= 4 is 22.7 Å². The lowest BCUT2D eigenvalue weighted by molar-refractivity contribution is -0.133. The van der Waals surface area contributed by atoms with Gasteiger partial charge in [-0.3, -0.25) is 9.59 Å². The molecule has 1 saturated carbocycles. The van der Waals surface area contributed by atoms with Gasteiger partial charge >= 0.3 is 0 Å². The number of nitrogens with zero attached hydrogens (tertiary/aromatic N) is 2. The number of amides is 2. The van der Waals surface area contributed by atoms with Crippen LogP contribution in [0.25, 0.3) is 10.9 Å². The Bertz CT molecular complexity index is 1260. The minimum absolute atomic E-state index is 0.0924. The first kappa shape index (κ1) is 24.2. The number of ether oxygens (including phenoxy) is 2. The van der Waals surface area contributed by atoms with Crippen molar-refractivity contribution in [1.82, 2.24) is 14.8 Å². The summed E-state index contributed by atoms with van der Waals surface area (Å²) in [6.45, 7) is 2.69. The number of aromatic nitrogens is 1. The molecule has 1 aliphatic heterocycles. The molecule has 1 fully saturated rings. The van der Waals surface area contributed by atoms with Gasteiger partial charge in [0.25, 0.3) is 5.91 Å². The van der Waals surface area contributed by atoms with Gasteiger partial charge in [0.2, 0.25) is 5.91 Å². The van der Waals surface area contributed by atoms with Crippen LogP contribution in [0.1, 0.15) is 55.1 Å². The molecular weight excluding hydrogens is 454 g/mol. The molecule has 7 nitrogen and oxygen atoms in total. The van der Waals surface area contributed by atoms with Gasteiger partial charge in [-0.1, -0.05) is 49.6 Å². The van der Waals surface area contributed by atoms with Crippen molar-refractivity contribution in [3.8, 4) is 11.5 Å². The number of rotatable bonds is 7. The Labute approximate surface area is 212 Å². The molecule has 2 aliphatic rings. The summed E-state index contributed by atoms with van der Waals surface area (Å²) in [6.07, 6.45) is 6.12. The summed E-state index contributed by atoms with van der Waals surface area (Å²) in [5.41, 5.74) is 1.41. The van der Waals surface area contributed by atoms with Gasteiger partial charge in [-0.05, 0) is 49.9 Å². The van der Waals surface area contributed by atoms with Crippen molar-refractivity contribution in [2.45, 2.75) is 63.6 Å². The Morgan fingerprint density at radius 3 is 2.42 bits per heavy atom. The average molecular weight is 490 g/mol. The summed E-state index contributed by atoms with van der Waals surface area (Å²) >= 11 is 0. The Kier molecular flexibility index (Phi) is 6.65. The molecule has 1 atom stereocenters. The third kappa shape index (κ3) is 4.21. The van der Waals surface area contributed by atoms with E-state index >= 15 is 0 Å². The fourth-order valence-corrected chi connectivity index (χ4v) is 5.78. The number of nitrogens with one attached hydrogen (secondary N) is 1. The molecule has 0 bridgehead atoms. The van der Waals surface area contributed by atoms with Gasteiger partial charge in [0.15, 0.2) is 0 Å². The summed E-state index contributed by atoms with van der Waals surface area (Å²) in [5, 5.41) is 4.10. The van der Waals surface area contributed by atoms with Crippen molar-refractivity contribution in [2.24, 2.45) is 0 Å². The summed E-state index contributed by atoms with van der Waals surface area (Å²) in [5.74, 6) is 1.08. The van der Waals surface area contributed by atoms with Gasteiger partial charge in [-0.2, -0.15) is 0 Å². The number of carbonyl (C=O) groups is 2. The van der Waals surface area contributed by atoms with Crippen molar-refractivity contribution in [3.63, 3.8) is 0 Å². The molecule has 0 radical (unpaired) electrons. The Balaban J connectivity index is 1.57. The van der Waals surface area contributed by atoms with Crippen LogP contribution >= 0.6 is 0 Å². The quantitative estimate of drug-likeness (QED) is 0.528. The smallest absolute Gasteiger partial charge is 0.271 e. The van der Waals surface area contributed by atoms with Crippen molar-refractivity contribution in [1.29, 1.82) is 0 Å². The zero-order chi connectivity index (χ0) is 25.3. The van der Waals surface area contributed by atoms with E-state index in [-0.39, 0.29) is 17.9 Å². The van der Waals surface area contributed by atoms with Gasteiger partial charge in [-0.25, -0.2) is 0 Å². The van der Waals surface area contributed by atoms with E-state index < -0.39 is 5.54 Å². The number of fused-ring (bicyclic) bond motifs is 3. The van der Waals surface area contributed by atoms with Crippen LogP contribution in [0.15, 0.2) is 48.5 Å². The Hall–Kier alpha value is -3.48. The maximum atomic E-state index is 14.1. The number of hydrogen-bond acceptors (Lipinski definition) is 4. The second kappa shape index (κ2) is 9.88. The van der Waals surface area contributed by atoms with Crippen LogP contribution < -0.4 is 14.8 Å². The van der Waals surface area contributed by atoms with Crippen LogP contribution in [0, 0.1) is 0 Å². The van der Waals surface area contributed by atoms with E-state index in [0.29, 0.717) is 36.7 Å². The largest absolute Gasteiger partial charge is 0.496 e. The average Bonchev–Trinajstić information content (AvgIpc) is 3.28. The second-order valence-corrected chi connectivity index (χ2v) is 10.1. The third-order valence-corrected chi connectivity index (χ3v) is 7.84. The van der Waals surface area contributed by atoms with Crippen LogP contribution in [0.3, 0.4) is 0 Å². The number of benzene rings is 2. The first-order valence-corrected chi connectivity index (χ1v) is 12.9. The number of carbonyl (C=O) groups excluding carboxylic acids is 2. The minimum Gasteiger partial charge on any atom is -0.496 e. The Morgan fingerprint density at radius 1 is 1.03 bits per heavy atom.